The average Bonchev–Trinajstić information content (AvgIpc) is 2.01. The van der Waals surface area contributed by atoms with Gasteiger partial charge in [-0.3, -0.25) is 0 Å². The number of halogens is 1. The van der Waals surface area contributed by atoms with Crippen LogP contribution < -0.4 is 5.32 Å². The first-order chi connectivity index (χ1) is 5.65. The molecule has 4 heteroatoms. The van der Waals surface area contributed by atoms with Crippen LogP contribution in [0.25, 0.3) is 0 Å². The summed E-state index contributed by atoms with van der Waals surface area (Å²) >= 11 is 5.86. The van der Waals surface area contributed by atoms with Crippen molar-refractivity contribution >= 4 is 17.5 Å². The molecule has 0 aromatic carbocycles. The number of aromatic nitrogens is 2. The summed E-state index contributed by atoms with van der Waals surface area (Å²) in [4.78, 5) is 8.28. The van der Waals surface area contributed by atoms with Gasteiger partial charge in [0.15, 0.2) is 0 Å². The number of rotatable bonds is 2. The maximum atomic E-state index is 5.86. The van der Waals surface area contributed by atoms with Crippen LogP contribution in [-0.4, -0.2) is 16.5 Å². The van der Waals surface area contributed by atoms with E-state index in [0.717, 1.165) is 17.8 Å². The molecular formula is C8H12ClN3. The quantitative estimate of drug-likeness (QED) is 0.718. The second-order valence-corrected chi connectivity index (χ2v) is 2.94. The van der Waals surface area contributed by atoms with Crippen LogP contribution in [0, 0.1) is 13.8 Å². The van der Waals surface area contributed by atoms with Gasteiger partial charge in [-0.25, -0.2) is 9.97 Å². The Kier molecular flexibility index (Phi) is 2.87. The summed E-state index contributed by atoms with van der Waals surface area (Å²) in [5.41, 5.74) is 1.87. The van der Waals surface area contributed by atoms with Crippen LogP contribution in [0.2, 0.25) is 5.15 Å². The van der Waals surface area contributed by atoms with Crippen molar-refractivity contribution in [3.63, 3.8) is 0 Å². The largest absolute Gasteiger partial charge is 0.354 e. The summed E-state index contributed by atoms with van der Waals surface area (Å²) in [6, 6.07) is 0. The highest BCUT2D eigenvalue weighted by molar-refractivity contribution is 6.30. The third kappa shape index (κ3) is 1.85. The van der Waals surface area contributed by atoms with Gasteiger partial charge in [-0.2, -0.15) is 0 Å². The third-order valence-electron chi connectivity index (χ3n) is 1.66. The molecule has 0 aliphatic carbocycles. The molecule has 0 amide bonds. The zero-order valence-electron chi connectivity index (χ0n) is 7.48. The predicted octanol–water partition coefficient (Wildman–Crippen LogP) is 2.18. The van der Waals surface area contributed by atoms with Crippen molar-refractivity contribution in [1.82, 2.24) is 9.97 Å². The number of anilines is 1. The molecule has 0 radical (unpaired) electrons. The molecule has 1 rings (SSSR count). The van der Waals surface area contributed by atoms with Crippen molar-refractivity contribution in [2.24, 2.45) is 0 Å². The van der Waals surface area contributed by atoms with Crippen LogP contribution in [0.4, 0.5) is 5.95 Å². The SMILES string of the molecule is CCNc1nc(C)c(C)c(Cl)n1. The van der Waals surface area contributed by atoms with Crippen molar-refractivity contribution in [2.75, 3.05) is 11.9 Å². The van der Waals surface area contributed by atoms with E-state index in [0.29, 0.717) is 11.1 Å². The minimum Gasteiger partial charge on any atom is -0.354 e. The summed E-state index contributed by atoms with van der Waals surface area (Å²) < 4.78 is 0. The molecule has 0 unspecified atom stereocenters. The first-order valence-electron chi connectivity index (χ1n) is 3.89. The summed E-state index contributed by atoms with van der Waals surface area (Å²) in [6.07, 6.45) is 0. The molecule has 12 heavy (non-hydrogen) atoms. The lowest BCUT2D eigenvalue weighted by Crippen LogP contribution is -2.04. The van der Waals surface area contributed by atoms with Gasteiger partial charge in [0.2, 0.25) is 5.95 Å². The number of nitrogens with zero attached hydrogens (tertiary/aromatic N) is 2. The second kappa shape index (κ2) is 3.72. The molecule has 0 atom stereocenters. The highest BCUT2D eigenvalue weighted by Gasteiger charge is 2.03. The molecular weight excluding hydrogens is 174 g/mol. The molecule has 0 aliphatic rings. The summed E-state index contributed by atoms with van der Waals surface area (Å²) in [5.74, 6) is 0.602. The standard InChI is InChI=1S/C8H12ClN3/c1-4-10-8-11-6(3)5(2)7(9)12-8/h4H2,1-3H3,(H,10,11,12). The van der Waals surface area contributed by atoms with E-state index in [2.05, 4.69) is 15.3 Å². The number of hydrogen-bond donors (Lipinski definition) is 1. The van der Waals surface area contributed by atoms with Gasteiger partial charge in [-0.05, 0) is 20.8 Å². The van der Waals surface area contributed by atoms with E-state index < -0.39 is 0 Å². The maximum Gasteiger partial charge on any atom is 0.224 e. The Hall–Kier alpha value is -0.830. The lowest BCUT2D eigenvalue weighted by Gasteiger charge is -2.05. The average molecular weight is 186 g/mol. The molecule has 1 aromatic rings. The normalized spacial score (nSPS) is 10.0. The van der Waals surface area contributed by atoms with Gasteiger partial charge >= 0.3 is 0 Å². The Morgan fingerprint density at radius 1 is 1.33 bits per heavy atom. The molecule has 3 nitrogen and oxygen atoms in total. The van der Waals surface area contributed by atoms with Crippen LogP contribution in [0.15, 0.2) is 0 Å². The topological polar surface area (TPSA) is 37.8 Å². The Morgan fingerprint density at radius 2 is 2.00 bits per heavy atom. The van der Waals surface area contributed by atoms with E-state index in [-0.39, 0.29) is 0 Å². The monoisotopic (exact) mass is 185 g/mol. The zero-order valence-corrected chi connectivity index (χ0v) is 8.24. The summed E-state index contributed by atoms with van der Waals surface area (Å²) in [6.45, 7) is 6.63. The van der Waals surface area contributed by atoms with Crippen molar-refractivity contribution in [3.05, 3.63) is 16.4 Å². The van der Waals surface area contributed by atoms with Gasteiger partial charge in [0, 0.05) is 17.8 Å². The smallest absolute Gasteiger partial charge is 0.224 e. The fourth-order valence-electron chi connectivity index (χ4n) is 0.831. The van der Waals surface area contributed by atoms with Gasteiger partial charge in [0.1, 0.15) is 5.15 Å². The van der Waals surface area contributed by atoms with Gasteiger partial charge in [-0.15, -0.1) is 0 Å². The van der Waals surface area contributed by atoms with E-state index >= 15 is 0 Å². The van der Waals surface area contributed by atoms with E-state index in [9.17, 15) is 0 Å². The molecule has 1 heterocycles. The van der Waals surface area contributed by atoms with E-state index in [1.165, 1.54) is 0 Å². The van der Waals surface area contributed by atoms with Gasteiger partial charge in [0.05, 0.1) is 0 Å². The fraction of sp³-hybridized carbons (Fsp3) is 0.500. The third-order valence-corrected chi connectivity index (χ3v) is 2.03. The zero-order chi connectivity index (χ0) is 9.14. The van der Waals surface area contributed by atoms with Crippen LogP contribution in [-0.2, 0) is 0 Å². The number of aryl methyl sites for hydroxylation is 1. The van der Waals surface area contributed by atoms with E-state index in [1.807, 2.05) is 20.8 Å². The van der Waals surface area contributed by atoms with Gasteiger partial charge < -0.3 is 5.32 Å². The first kappa shape index (κ1) is 9.26. The second-order valence-electron chi connectivity index (χ2n) is 2.58. The Balaban J connectivity index is 3.04. The maximum absolute atomic E-state index is 5.86. The van der Waals surface area contributed by atoms with Crippen LogP contribution in [0.1, 0.15) is 18.2 Å². The van der Waals surface area contributed by atoms with Crippen LogP contribution >= 0.6 is 11.6 Å². The molecule has 0 saturated carbocycles. The highest BCUT2D eigenvalue weighted by Crippen LogP contribution is 2.16. The van der Waals surface area contributed by atoms with Crippen molar-refractivity contribution in [1.29, 1.82) is 0 Å². The molecule has 0 spiro atoms. The van der Waals surface area contributed by atoms with E-state index in [1.54, 1.807) is 0 Å². The summed E-state index contributed by atoms with van der Waals surface area (Å²) in [5, 5.41) is 3.54. The van der Waals surface area contributed by atoms with Gasteiger partial charge in [-0.1, -0.05) is 11.6 Å². The molecule has 0 saturated heterocycles. The first-order valence-corrected chi connectivity index (χ1v) is 4.27. The van der Waals surface area contributed by atoms with Gasteiger partial charge in [0.25, 0.3) is 0 Å². The minimum absolute atomic E-state index is 0.526. The fourth-order valence-corrected chi connectivity index (χ4v) is 1.05. The van der Waals surface area contributed by atoms with Crippen LogP contribution in [0.5, 0.6) is 0 Å². The Bertz CT molecular complexity index is 263. The Labute approximate surface area is 77.2 Å². The lowest BCUT2D eigenvalue weighted by molar-refractivity contribution is 1.03. The minimum atomic E-state index is 0.526. The molecule has 0 bridgehead atoms. The molecule has 0 aliphatic heterocycles. The Morgan fingerprint density at radius 3 is 2.50 bits per heavy atom. The van der Waals surface area contributed by atoms with Crippen molar-refractivity contribution in [3.8, 4) is 0 Å². The number of hydrogen-bond acceptors (Lipinski definition) is 3. The van der Waals surface area contributed by atoms with E-state index in [4.69, 9.17) is 11.6 Å². The van der Waals surface area contributed by atoms with Crippen molar-refractivity contribution in [2.45, 2.75) is 20.8 Å². The molecule has 0 fully saturated rings. The number of nitrogens with one attached hydrogen (secondary N) is 1. The molecule has 1 N–H and O–H groups in total. The molecule has 66 valence electrons. The van der Waals surface area contributed by atoms with Crippen LogP contribution in [0.3, 0.4) is 0 Å². The summed E-state index contributed by atoms with van der Waals surface area (Å²) in [7, 11) is 0. The van der Waals surface area contributed by atoms with Crippen molar-refractivity contribution < 1.29 is 0 Å². The molecule has 1 aromatic heterocycles. The highest BCUT2D eigenvalue weighted by atomic mass is 35.5. The predicted molar refractivity (Wildman–Crippen MR) is 50.7 cm³/mol. The lowest BCUT2D eigenvalue weighted by atomic mass is 10.3.